The van der Waals surface area contributed by atoms with Gasteiger partial charge in [-0.2, -0.15) is 0 Å². The lowest BCUT2D eigenvalue weighted by molar-refractivity contribution is -0.164. The van der Waals surface area contributed by atoms with Crippen molar-refractivity contribution in [1.82, 2.24) is 14.7 Å². The first-order chi connectivity index (χ1) is 22.2. The molecule has 3 amide bonds. The number of hydrogen-bond acceptors (Lipinski definition) is 7. The van der Waals surface area contributed by atoms with Crippen molar-refractivity contribution >= 4 is 23.7 Å². The maximum absolute atomic E-state index is 14.7. The Morgan fingerprint density at radius 1 is 1.02 bits per heavy atom. The summed E-state index contributed by atoms with van der Waals surface area (Å²) in [5.41, 5.74) is -0.684. The highest BCUT2D eigenvalue weighted by Crippen LogP contribution is 2.54. The number of likely N-dealkylation sites (tertiary alicyclic amines) is 1. The third kappa shape index (κ3) is 5.47. The second-order valence-electron chi connectivity index (χ2n) is 13.5. The van der Waals surface area contributed by atoms with Gasteiger partial charge in [-0.05, 0) is 38.2 Å². The topological polar surface area (TPSA) is 117 Å². The zero-order valence-electron chi connectivity index (χ0n) is 27.1. The summed E-state index contributed by atoms with van der Waals surface area (Å²) in [5.74, 6) is -3.33. The Balaban J connectivity index is 1.44. The molecule has 0 unspecified atom stereocenters. The Kier molecular flexibility index (Phi) is 9.39. The maximum atomic E-state index is 14.7. The molecule has 1 aromatic carbocycles. The van der Waals surface area contributed by atoms with E-state index in [-0.39, 0.29) is 36.8 Å². The predicted molar refractivity (Wildman–Crippen MR) is 170 cm³/mol. The fourth-order valence-corrected chi connectivity index (χ4v) is 8.37. The van der Waals surface area contributed by atoms with E-state index in [1.165, 1.54) is 4.90 Å². The number of carbonyl (C=O) groups excluding carboxylic acids is 4. The van der Waals surface area contributed by atoms with Crippen LogP contribution >= 0.6 is 0 Å². The molecular weight excluding hydrogens is 586 g/mol. The molecule has 1 saturated carbocycles. The lowest BCUT2D eigenvalue weighted by atomic mass is 9.77. The molecule has 1 N–H and O–H groups in total. The van der Waals surface area contributed by atoms with E-state index in [0.717, 1.165) is 37.7 Å². The van der Waals surface area contributed by atoms with Crippen molar-refractivity contribution in [3.63, 3.8) is 0 Å². The van der Waals surface area contributed by atoms with Gasteiger partial charge in [-0.15, -0.1) is 0 Å². The zero-order valence-corrected chi connectivity index (χ0v) is 27.1. The summed E-state index contributed by atoms with van der Waals surface area (Å²) < 4.78 is 13.2. The van der Waals surface area contributed by atoms with Crippen LogP contribution in [0.1, 0.15) is 76.9 Å². The summed E-state index contributed by atoms with van der Waals surface area (Å²) in [6.45, 7) is 3.82. The zero-order chi connectivity index (χ0) is 32.6. The van der Waals surface area contributed by atoms with E-state index in [4.69, 9.17) is 9.47 Å². The molecule has 46 heavy (non-hydrogen) atoms. The molecule has 1 spiro atoms. The molecule has 248 valence electrons. The lowest BCUT2D eigenvalue weighted by Crippen LogP contribution is -2.59. The third-order valence-electron chi connectivity index (χ3n) is 11.0. The number of carbonyl (C=O) groups is 4. The maximum Gasteiger partial charge on any atom is 0.313 e. The molecule has 0 aromatic heterocycles. The molecule has 1 aromatic rings. The third-order valence-corrected chi connectivity index (χ3v) is 11.0. The second kappa shape index (κ2) is 13.3. The number of esters is 1. The number of rotatable bonds is 5. The average Bonchev–Trinajstić information content (AvgIpc) is 3.46. The van der Waals surface area contributed by atoms with Crippen LogP contribution in [-0.4, -0.2) is 99.6 Å². The summed E-state index contributed by atoms with van der Waals surface area (Å²) in [6, 6.07) is 7.26. The first-order valence-electron chi connectivity index (χ1n) is 17.0. The Hall–Kier alpha value is -3.50. The smallest absolute Gasteiger partial charge is 0.313 e. The molecule has 10 heteroatoms. The largest absolute Gasteiger partial charge is 0.455 e. The number of allylic oxidation sites excluding steroid dienone is 1. The van der Waals surface area contributed by atoms with Gasteiger partial charge in [-0.3, -0.25) is 19.2 Å². The number of amides is 3. The van der Waals surface area contributed by atoms with Gasteiger partial charge in [0.05, 0.1) is 30.7 Å². The van der Waals surface area contributed by atoms with Gasteiger partial charge in [0.2, 0.25) is 17.7 Å². The average molecular weight is 634 g/mol. The number of aliphatic hydroxyl groups excluding tert-OH is 1. The van der Waals surface area contributed by atoms with Crippen molar-refractivity contribution in [2.45, 2.75) is 107 Å². The van der Waals surface area contributed by atoms with E-state index in [0.29, 0.717) is 19.4 Å². The van der Waals surface area contributed by atoms with E-state index in [9.17, 15) is 24.3 Å². The van der Waals surface area contributed by atoms with Crippen molar-refractivity contribution in [1.29, 1.82) is 0 Å². The number of fused-ring (bicyclic) bond motifs is 2. The standard InChI is InChI=1S/C36H47N3O7/c1-4-25(22-40)39-32-34(43)38(26-16-9-6-10-17-26)21-13-20-36(32)30(33(39)42)29-27(46-36)18-11-12-19-28(41)37(3)23(2)31(45-35(29)44)24-14-7-5-8-15-24/h5,7-8,11,13-15,18,20,23,25-27,29-32,40H,4,6,9-10,12,16-17,19,21-22H2,1-3H3/b18-11-/t23-,25+,27-,29+,30+,31+,32-,36+/m1/s1. The van der Waals surface area contributed by atoms with Crippen LogP contribution in [0.15, 0.2) is 54.6 Å². The quantitative estimate of drug-likeness (QED) is 0.390. The molecule has 4 aliphatic heterocycles. The monoisotopic (exact) mass is 633 g/mol. The van der Waals surface area contributed by atoms with Crippen LogP contribution in [0.2, 0.25) is 0 Å². The van der Waals surface area contributed by atoms with Crippen LogP contribution in [0.3, 0.4) is 0 Å². The van der Waals surface area contributed by atoms with Crippen LogP contribution in [-0.2, 0) is 28.7 Å². The van der Waals surface area contributed by atoms with Gasteiger partial charge in [-0.1, -0.05) is 80.8 Å². The number of likely N-dealkylation sites (N-methyl/N-ethyl adjacent to an activating group) is 1. The molecule has 0 radical (unpaired) electrons. The number of nitrogens with zero attached hydrogens (tertiary/aromatic N) is 3. The van der Waals surface area contributed by atoms with Gasteiger partial charge < -0.3 is 29.3 Å². The molecule has 5 aliphatic rings. The Bertz CT molecular complexity index is 1370. The number of benzene rings is 1. The number of cyclic esters (lactones) is 1. The number of aliphatic hydroxyl groups is 1. The van der Waals surface area contributed by atoms with Crippen LogP contribution in [0.4, 0.5) is 0 Å². The predicted octanol–water partition coefficient (Wildman–Crippen LogP) is 3.55. The Morgan fingerprint density at radius 2 is 1.76 bits per heavy atom. The van der Waals surface area contributed by atoms with E-state index in [1.807, 2.05) is 67.3 Å². The highest BCUT2D eigenvalue weighted by molar-refractivity contribution is 5.99. The molecule has 8 atom stereocenters. The van der Waals surface area contributed by atoms with Crippen molar-refractivity contribution < 1.29 is 33.8 Å². The van der Waals surface area contributed by atoms with Crippen LogP contribution in [0.25, 0.3) is 0 Å². The van der Waals surface area contributed by atoms with E-state index < -0.39 is 53.7 Å². The van der Waals surface area contributed by atoms with Crippen molar-refractivity contribution in [3.05, 3.63) is 60.2 Å². The minimum atomic E-state index is -1.42. The molecule has 3 fully saturated rings. The Labute approximate surface area is 271 Å². The SMILES string of the molecule is CC[C@@H](CO)N1C(=O)[C@@H]2[C@H]3C(=O)O[C@H](c4ccccc4)[C@@H](C)N(C)C(=O)CC/C=C\[C@H]3O[C@@]23C=CCN(C2CCCCC2)C(=O)[C@@H]13. The van der Waals surface area contributed by atoms with Crippen molar-refractivity contribution in [2.24, 2.45) is 11.8 Å². The van der Waals surface area contributed by atoms with Gasteiger partial charge in [0.25, 0.3) is 0 Å². The van der Waals surface area contributed by atoms with Gasteiger partial charge >= 0.3 is 5.97 Å². The van der Waals surface area contributed by atoms with Crippen LogP contribution in [0, 0.1) is 11.8 Å². The van der Waals surface area contributed by atoms with Crippen LogP contribution in [0.5, 0.6) is 0 Å². The number of ether oxygens (including phenoxy) is 2. The molecule has 10 nitrogen and oxygen atoms in total. The minimum absolute atomic E-state index is 0.0633. The van der Waals surface area contributed by atoms with Gasteiger partial charge in [0.15, 0.2) is 0 Å². The van der Waals surface area contributed by atoms with E-state index in [1.54, 1.807) is 18.0 Å². The van der Waals surface area contributed by atoms with Gasteiger partial charge in [0, 0.05) is 26.1 Å². The summed E-state index contributed by atoms with van der Waals surface area (Å²) in [7, 11) is 1.71. The highest BCUT2D eigenvalue weighted by atomic mass is 16.6. The van der Waals surface area contributed by atoms with Gasteiger partial charge in [0.1, 0.15) is 23.7 Å². The Morgan fingerprint density at radius 3 is 2.46 bits per heavy atom. The van der Waals surface area contributed by atoms with Crippen LogP contribution < -0.4 is 0 Å². The summed E-state index contributed by atoms with van der Waals surface area (Å²) in [4.78, 5) is 62.0. The fourth-order valence-electron chi connectivity index (χ4n) is 8.37. The van der Waals surface area contributed by atoms with E-state index in [2.05, 4.69) is 0 Å². The first kappa shape index (κ1) is 32.4. The molecule has 6 rings (SSSR count). The summed E-state index contributed by atoms with van der Waals surface area (Å²) in [5, 5.41) is 10.4. The van der Waals surface area contributed by atoms with E-state index >= 15 is 0 Å². The molecular formula is C36H47N3O7. The molecule has 0 bridgehead atoms. The van der Waals surface area contributed by atoms with Gasteiger partial charge in [-0.25, -0.2) is 0 Å². The van der Waals surface area contributed by atoms with Crippen molar-refractivity contribution in [3.8, 4) is 0 Å². The molecule has 2 saturated heterocycles. The normalized spacial score (nSPS) is 35.4. The first-order valence-corrected chi connectivity index (χ1v) is 17.0. The number of hydrogen-bond donors (Lipinski definition) is 1. The fraction of sp³-hybridized carbons (Fsp3) is 0.611. The molecule has 4 heterocycles. The van der Waals surface area contributed by atoms with Crippen molar-refractivity contribution in [2.75, 3.05) is 20.2 Å². The lowest BCUT2D eigenvalue weighted by Gasteiger charge is -2.41. The second-order valence-corrected chi connectivity index (χ2v) is 13.5. The summed E-state index contributed by atoms with van der Waals surface area (Å²) in [6.07, 6.45) is 11.9. The summed E-state index contributed by atoms with van der Waals surface area (Å²) >= 11 is 0. The minimum Gasteiger partial charge on any atom is -0.455 e. The highest BCUT2D eigenvalue weighted by Gasteiger charge is 2.72. The molecule has 1 aliphatic carbocycles.